The van der Waals surface area contributed by atoms with Gasteiger partial charge in [-0.25, -0.2) is 4.39 Å². The smallest absolute Gasteiger partial charge is 0.305 e. The lowest BCUT2D eigenvalue weighted by molar-refractivity contribution is -0.138. The molecular formula is C15H20FNO4. The molecule has 0 bridgehead atoms. The van der Waals surface area contributed by atoms with E-state index in [0.717, 1.165) is 0 Å². The standard InChI is InChI=1S/C15H20FNO4/c1-15(2,3)12(8-14(19)20)17-13(18)9-21-11-6-4-10(16)5-7-11/h4-7,12H,8-9H2,1-3H3,(H,17,18)(H,19,20). The summed E-state index contributed by atoms with van der Waals surface area (Å²) in [7, 11) is 0. The van der Waals surface area contributed by atoms with Crippen molar-refractivity contribution in [1.82, 2.24) is 5.32 Å². The summed E-state index contributed by atoms with van der Waals surface area (Å²) in [6, 6.07) is 4.80. The van der Waals surface area contributed by atoms with Gasteiger partial charge in [0.15, 0.2) is 6.61 Å². The van der Waals surface area contributed by atoms with E-state index in [0.29, 0.717) is 5.75 Å². The Hall–Kier alpha value is -2.11. The van der Waals surface area contributed by atoms with Crippen LogP contribution in [0, 0.1) is 11.2 Å². The van der Waals surface area contributed by atoms with Crippen LogP contribution in [0.25, 0.3) is 0 Å². The molecule has 1 amide bonds. The molecule has 1 aromatic carbocycles. The Bertz CT molecular complexity index is 493. The Morgan fingerprint density at radius 1 is 1.29 bits per heavy atom. The molecule has 6 heteroatoms. The number of amides is 1. The van der Waals surface area contributed by atoms with Crippen molar-refractivity contribution in [2.45, 2.75) is 33.2 Å². The molecule has 5 nitrogen and oxygen atoms in total. The first-order valence-corrected chi connectivity index (χ1v) is 6.58. The van der Waals surface area contributed by atoms with Crippen molar-refractivity contribution in [3.63, 3.8) is 0 Å². The molecule has 1 rings (SSSR count). The number of carboxylic acid groups (broad SMARTS) is 1. The van der Waals surface area contributed by atoms with Gasteiger partial charge in [0.25, 0.3) is 5.91 Å². The van der Waals surface area contributed by atoms with Crippen molar-refractivity contribution in [1.29, 1.82) is 0 Å². The summed E-state index contributed by atoms with van der Waals surface area (Å²) in [6.45, 7) is 5.29. The van der Waals surface area contributed by atoms with Crippen LogP contribution in [0.4, 0.5) is 4.39 Å². The van der Waals surface area contributed by atoms with Crippen LogP contribution in [0.15, 0.2) is 24.3 Å². The Balaban J connectivity index is 2.54. The summed E-state index contributed by atoms with van der Waals surface area (Å²) >= 11 is 0. The van der Waals surface area contributed by atoms with Crippen LogP contribution in [0.2, 0.25) is 0 Å². The molecule has 1 aromatic rings. The minimum absolute atomic E-state index is 0.161. The molecular weight excluding hydrogens is 277 g/mol. The Morgan fingerprint density at radius 3 is 2.33 bits per heavy atom. The van der Waals surface area contributed by atoms with Crippen LogP contribution in [0.5, 0.6) is 5.75 Å². The van der Waals surface area contributed by atoms with Crippen LogP contribution < -0.4 is 10.1 Å². The zero-order chi connectivity index (χ0) is 16.0. The number of hydrogen-bond acceptors (Lipinski definition) is 3. The van der Waals surface area contributed by atoms with E-state index in [1.54, 1.807) is 0 Å². The van der Waals surface area contributed by atoms with Gasteiger partial charge in [0, 0.05) is 6.04 Å². The van der Waals surface area contributed by atoms with Crippen LogP contribution in [-0.2, 0) is 9.59 Å². The highest BCUT2D eigenvalue weighted by Gasteiger charge is 2.28. The monoisotopic (exact) mass is 297 g/mol. The fraction of sp³-hybridized carbons (Fsp3) is 0.467. The number of nitrogens with one attached hydrogen (secondary N) is 1. The van der Waals surface area contributed by atoms with Crippen LogP contribution in [0.1, 0.15) is 27.2 Å². The molecule has 0 spiro atoms. The Labute approximate surface area is 123 Å². The van der Waals surface area contributed by atoms with Crippen molar-refractivity contribution in [2.75, 3.05) is 6.61 Å². The van der Waals surface area contributed by atoms with Crippen molar-refractivity contribution in [3.8, 4) is 5.75 Å². The first-order chi connectivity index (χ1) is 9.68. The summed E-state index contributed by atoms with van der Waals surface area (Å²) in [6.07, 6.45) is -0.161. The lowest BCUT2D eigenvalue weighted by Gasteiger charge is -2.30. The second-order valence-corrected chi connectivity index (χ2v) is 5.83. The highest BCUT2D eigenvalue weighted by Crippen LogP contribution is 2.21. The molecule has 2 N–H and O–H groups in total. The predicted octanol–water partition coefficient (Wildman–Crippen LogP) is 2.21. The molecule has 116 valence electrons. The van der Waals surface area contributed by atoms with Gasteiger partial charge in [0.05, 0.1) is 6.42 Å². The number of rotatable bonds is 6. The third-order valence-corrected chi connectivity index (χ3v) is 2.94. The van der Waals surface area contributed by atoms with Crippen molar-refractivity contribution in [2.24, 2.45) is 5.41 Å². The number of carbonyl (C=O) groups excluding carboxylic acids is 1. The molecule has 0 heterocycles. The molecule has 0 aromatic heterocycles. The van der Waals surface area contributed by atoms with Gasteiger partial charge in [-0.3, -0.25) is 9.59 Å². The molecule has 0 aliphatic carbocycles. The summed E-state index contributed by atoms with van der Waals surface area (Å²) in [4.78, 5) is 22.6. The van der Waals surface area contributed by atoms with Crippen LogP contribution >= 0.6 is 0 Å². The first kappa shape index (κ1) is 16.9. The van der Waals surface area contributed by atoms with Gasteiger partial charge >= 0.3 is 5.97 Å². The molecule has 0 radical (unpaired) electrons. The van der Waals surface area contributed by atoms with E-state index in [4.69, 9.17) is 9.84 Å². The average Bonchev–Trinajstić information content (AvgIpc) is 2.36. The molecule has 0 aliphatic rings. The van der Waals surface area contributed by atoms with E-state index >= 15 is 0 Å². The predicted molar refractivity (Wildman–Crippen MR) is 75.5 cm³/mol. The zero-order valence-corrected chi connectivity index (χ0v) is 12.4. The minimum atomic E-state index is -0.977. The average molecular weight is 297 g/mol. The molecule has 0 saturated carbocycles. The van der Waals surface area contributed by atoms with E-state index in [2.05, 4.69) is 5.32 Å². The number of hydrogen-bond donors (Lipinski definition) is 2. The second kappa shape index (κ2) is 7.06. The fourth-order valence-corrected chi connectivity index (χ4v) is 1.66. The Morgan fingerprint density at radius 2 is 1.86 bits per heavy atom. The normalized spacial score (nSPS) is 12.6. The van der Waals surface area contributed by atoms with Gasteiger partial charge in [-0.1, -0.05) is 20.8 Å². The Kier molecular flexibility index (Phi) is 5.69. The summed E-state index contributed by atoms with van der Waals surface area (Å²) in [5.74, 6) is -1.41. The zero-order valence-electron chi connectivity index (χ0n) is 12.4. The van der Waals surface area contributed by atoms with Crippen LogP contribution in [0.3, 0.4) is 0 Å². The van der Waals surface area contributed by atoms with Gasteiger partial charge < -0.3 is 15.2 Å². The molecule has 0 saturated heterocycles. The van der Waals surface area contributed by atoms with Crippen molar-refractivity contribution >= 4 is 11.9 Å². The number of carboxylic acids is 1. The molecule has 1 atom stereocenters. The molecule has 1 unspecified atom stereocenters. The van der Waals surface area contributed by atoms with E-state index in [-0.39, 0.29) is 24.3 Å². The van der Waals surface area contributed by atoms with Gasteiger partial charge in [0.2, 0.25) is 0 Å². The highest BCUT2D eigenvalue weighted by atomic mass is 19.1. The SMILES string of the molecule is CC(C)(C)C(CC(=O)O)NC(=O)COc1ccc(F)cc1. The molecule has 21 heavy (non-hydrogen) atoms. The summed E-state index contributed by atoms with van der Waals surface area (Å²) in [5, 5.41) is 11.5. The van der Waals surface area contributed by atoms with Gasteiger partial charge in [-0.05, 0) is 29.7 Å². The third kappa shape index (κ3) is 6.25. The van der Waals surface area contributed by atoms with E-state index < -0.39 is 17.9 Å². The molecule has 0 aliphatic heterocycles. The number of benzene rings is 1. The largest absolute Gasteiger partial charge is 0.484 e. The van der Waals surface area contributed by atoms with Gasteiger partial charge in [-0.15, -0.1) is 0 Å². The third-order valence-electron chi connectivity index (χ3n) is 2.94. The van der Waals surface area contributed by atoms with Crippen LogP contribution in [-0.4, -0.2) is 29.6 Å². The maximum Gasteiger partial charge on any atom is 0.305 e. The number of ether oxygens (including phenoxy) is 1. The highest BCUT2D eigenvalue weighted by molar-refractivity contribution is 5.79. The quantitative estimate of drug-likeness (QED) is 0.844. The van der Waals surface area contributed by atoms with Gasteiger partial charge in [-0.2, -0.15) is 0 Å². The fourth-order valence-electron chi connectivity index (χ4n) is 1.66. The lowest BCUT2D eigenvalue weighted by atomic mass is 9.85. The van der Waals surface area contributed by atoms with Crippen molar-refractivity contribution < 1.29 is 23.8 Å². The number of aliphatic carboxylic acids is 1. The maximum atomic E-state index is 12.7. The van der Waals surface area contributed by atoms with Crippen molar-refractivity contribution in [3.05, 3.63) is 30.1 Å². The van der Waals surface area contributed by atoms with E-state index in [1.165, 1.54) is 24.3 Å². The topological polar surface area (TPSA) is 75.6 Å². The maximum absolute atomic E-state index is 12.7. The van der Waals surface area contributed by atoms with E-state index in [1.807, 2.05) is 20.8 Å². The molecule has 0 fully saturated rings. The van der Waals surface area contributed by atoms with Gasteiger partial charge in [0.1, 0.15) is 11.6 Å². The minimum Gasteiger partial charge on any atom is -0.484 e. The lowest BCUT2D eigenvalue weighted by Crippen LogP contribution is -2.46. The first-order valence-electron chi connectivity index (χ1n) is 6.58. The second-order valence-electron chi connectivity index (χ2n) is 5.83. The summed E-state index contributed by atoms with van der Waals surface area (Å²) in [5.41, 5.74) is -0.385. The van der Waals surface area contributed by atoms with E-state index in [9.17, 15) is 14.0 Å². The number of halogens is 1. The number of carbonyl (C=O) groups is 2. The summed E-state index contributed by atoms with van der Waals surface area (Å²) < 4.78 is 17.9.